The molecular formula is C12H18. The quantitative estimate of drug-likeness (QED) is 0.543. The Labute approximate surface area is 75.7 Å². The van der Waals surface area contributed by atoms with Crippen molar-refractivity contribution in [3.05, 3.63) is 36.0 Å². The summed E-state index contributed by atoms with van der Waals surface area (Å²) in [6, 6.07) is 0. The van der Waals surface area contributed by atoms with Crippen molar-refractivity contribution in [3.8, 4) is 0 Å². The molecule has 0 aliphatic heterocycles. The average molecular weight is 162 g/mol. The van der Waals surface area contributed by atoms with Gasteiger partial charge in [0.05, 0.1) is 0 Å². The van der Waals surface area contributed by atoms with E-state index in [1.807, 2.05) is 0 Å². The summed E-state index contributed by atoms with van der Waals surface area (Å²) in [5.74, 6) is 1.30. The minimum absolute atomic E-state index is 0.636. The van der Waals surface area contributed by atoms with Crippen LogP contribution < -0.4 is 0 Å². The summed E-state index contributed by atoms with van der Waals surface area (Å²) in [5.41, 5.74) is 1.48. The zero-order valence-corrected chi connectivity index (χ0v) is 8.25. The second-order valence-corrected chi connectivity index (χ2v) is 3.65. The SMILES string of the molecule is C/C=C\C1C=C(C(C)C)C=CC1. The van der Waals surface area contributed by atoms with Crippen molar-refractivity contribution >= 4 is 0 Å². The summed E-state index contributed by atoms with van der Waals surface area (Å²) < 4.78 is 0. The maximum atomic E-state index is 2.38. The van der Waals surface area contributed by atoms with Crippen LogP contribution in [0.5, 0.6) is 0 Å². The van der Waals surface area contributed by atoms with Crippen LogP contribution in [0.2, 0.25) is 0 Å². The monoisotopic (exact) mass is 162 g/mol. The molecule has 66 valence electrons. The van der Waals surface area contributed by atoms with E-state index in [0.29, 0.717) is 11.8 Å². The molecule has 0 N–H and O–H groups in total. The molecule has 0 aromatic heterocycles. The second kappa shape index (κ2) is 4.30. The zero-order valence-electron chi connectivity index (χ0n) is 8.25. The molecule has 0 radical (unpaired) electrons. The summed E-state index contributed by atoms with van der Waals surface area (Å²) >= 11 is 0. The summed E-state index contributed by atoms with van der Waals surface area (Å²) in [6.45, 7) is 6.57. The lowest BCUT2D eigenvalue weighted by atomic mass is 9.90. The lowest BCUT2D eigenvalue weighted by Crippen LogP contribution is -2.01. The first-order valence-electron chi connectivity index (χ1n) is 4.75. The lowest BCUT2D eigenvalue weighted by Gasteiger charge is -2.15. The Morgan fingerprint density at radius 1 is 1.50 bits per heavy atom. The first-order valence-corrected chi connectivity index (χ1v) is 4.75. The van der Waals surface area contributed by atoms with E-state index in [0.717, 1.165) is 0 Å². The molecule has 0 saturated heterocycles. The first-order chi connectivity index (χ1) is 5.74. The van der Waals surface area contributed by atoms with Crippen molar-refractivity contribution in [2.45, 2.75) is 27.2 Å². The number of hydrogen-bond donors (Lipinski definition) is 0. The Kier molecular flexibility index (Phi) is 3.33. The van der Waals surface area contributed by atoms with Gasteiger partial charge in [-0.05, 0) is 30.8 Å². The molecular weight excluding hydrogens is 144 g/mol. The Balaban J connectivity index is 2.68. The minimum atomic E-state index is 0.636. The van der Waals surface area contributed by atoms with Gasteiger partial charge in [0.1, 0.15) is 0 Å². The Bertz CT molecular complexity index is 216. The third-order valence-corrected chi connectivity index (χ3v) is 2.23. The van der Waals surface area contributed by atoms with E-state index in [2.05, 4.69) is 51.2 Å². The topological polar surface area (TPSA) is 0 Å². The van der Waals surface area contributed by atoms with Crippen LogP contribution in [0, 0.1) is 11.8 Å². The van der Waals surface area contributed by atoms with Crippen molar-refractivity contribution in [3.63, 3.8) is 0 Å². The van der Waals surface area contributed by atoms with E-state index < -0.39 is 0 Å². The van der Waals surface area contributed by atoms with Gasteiger partial charge < -0.3 is 0 Å². The first kappa shape index (κ1) is 9.31. The van der Waals surface area contributed by atoms with Crippen molar-refractivity contribution < 1.29 is 0 Å². The molecule has 0 bridgehead atoms. The third-order valence-electron chi connectivity index (χ3n) is 2.23. The highest BCUT2D eigenvalue weighted by molar-refractivity contribution is 5.27. The molecule has 1 atom stereocenters. The van der Waals surface area contributed by atoms with E-state index >= 15 is 0 Å². The minimum Gasteiger partial charge on any atom is -0.0911 e. The fourth-order valence-electron chi connectivity index (χ4n) is 1.50. The highest BCUT2D eigenvalue weighted by Gasteiger charge is 2.07. The van der Waals surface area contributed by atoms with Crippen LogP contribution in [0.1, 0.15) is 27.2 Å². The fraction of sp³-hybridized carbons (Fsp3) is 0.500. The van der Waals surface area contributed by atoms with Gasteiger partial charge in [0.15, 0.2) is 0 Å². The van der Waals surface area contributed by atoms with Gasteiger partial charge in [-0.3, -0.25) is 0 Å². The maximum Gasteiger partial charge on any atom is -0.00130 e. The van der Waals surface area contributed by atoms with Crippen LogP contribution in [0.3, 0.4) is 0 Å². The second-order valence-electron chi connectivity index (χ2n) is 3.65. The van der Waals surface area contributed by atoms with Crippen LogP contribution in [0.15, 0.2) is 36.0 Å². The van der Waals surface area contributed by atoms with Crippen LogP contribution >= 0.6 is 0 Å². The van der Waals surface area contributed by atoms with E-state index in [1.165, 1.54) is 12.0 Å². The molecule has 1 aliphatic rings. The fourth-order valence-corrected chi connectivity index (χ4v) is 1.50. The Hall–Kier alpha value is -0.780. The smallest absolute Gasteiger partial charge is 0.00130 e. The molecule has 0 saturated carbocycles. The average Bonchev–Trinajstić information content (AvgIpc) is 2.05. The summed E-state index contributed by atoms with van der Waals surface area (Å²) in [5, 5.41) is 0. The zero-order chi connectivity index (χ0) is 8.97. The molecule has 0 heterocycles. The molecule has 0 amide bonds. The molecule has 0 aromatic carbocycles. The van der Waals surface area contributed by atoms with E-state index in [9.17, 15) is 0 Å². The van der Waals surface area contributed by atoms with Gasteiger partial charge in [-0.15, -0.1) is 0 Å². The van der Waals surface area contributed by atoms with Crippen LogP contribution in [0.4, 0.5) is 0 Å². The summed E-state index contributed by atoms with van der Waals surface area (Å²) in [4.78, 5) is 0. The predicted molar refractivity (Wildman–Crippen MR) is 55.0 cm³/mol. The van der Waals surface area contributed by atoms with Gasteiger partial charge in [0.2, 0.25) is 0 Å². The highest BCUT2D eigenvalue weighted by Crippen LogP contribution is 2.22. The molecule has 1 unspecified atom stereocenters. The maximum absolute atomic E-state index is 2.38. The van der Waals surface area contributed by atoms with E-state index in [1.54, 1.807) is 0 Å². The highest BCUT2D eigenvalue weighted by atomic mass is 14.1. The van der Waals surface area contributed by atoms with Gasteiger partial charge >= 0.3 is 0 Å². The molecule has 0 aromatic rings. The molecule has 0 spiro atoms. The molecule has 1 aliphatic carbocycles. The third kappa shape index (κ3) is 2.37. The van der Waals surface area contributed by atoms with Gasteiger partial charge in [0, 0.05) is 0 Å². The predicted octanol–water partition coefficient (Wildman–Crippen LogP) is 3.72. The largest absolute Gasteiger partial charge is 0.0911 e. The van der Waals surface area contributed by atoms with Crippen molar-refractivity contribution in [2.24, 2.45) is 11.8 Å². The summed E-state index contributed by atoms with van der Waals surface area (Å²) in [7, 11) is 0. The number of allylic oxidation sites excluding steroid dienone is 6. The van der Waals surface area contributed by atoms with Crippen molar-refractivity contribution in [2.75, 3.05) is 0 Å². The number of rotatable bonds is 2. The van der Waals surface area contributed by atoms with Gasteiger partial charge in [-0.2, -0.15) is 0 Å². The molecule has 0 fully saturated rings. The lowest BCUT2D eigenvalue weighted by molar-refractivity contribution is 0.733. The molecule has 12 heavy (non-hydrogen) atoms. The van der Waals surface area contributed by atoms with E-state index in [4.69, 9.17) is 0 Å². The van der Waals surface area contributed by atoms with Crippen LogP contribution in [-0.4, -0.2) is 0 Å². The normalized spacial score (nSPS) is 23.7. The molecule has 1 rings (SSSR count). The van der Waals surface area contributed by atoms with Gasteiger partial charge in [-0.1, -0.05) is 44.2 Å². The number of hydrogen-bond acceptors (Lipinski definition) is 0. The Morgan fingerprint density at radius 2 is 2.25 bits per heavy atom. The molecule has 0 nitrogen and oxygen atoms in total. The standard InChI is InChI=1S/C12H18/c1-4-6-11-7-5-8-12(9-11)10(2)3/h4-6,8-11H,7H2,1-3H3/b6-4-. The molecule has 0 heteroatoms. The Morgan fingerprint density at radius 3 is 2.83 bits per heavy atom. The summed E-state index contributed by atoms with van der Waals surface area (Å²) in [6.07, 6.45) is 12.5. The van der Waals surface area contributed by atoms with Gasteiger partial charge in [0.25, 0.3) is 0 Å². The van der Waals surface area contributed by atoms with Crippen molar-refractivity contribution in [1.82, 2.24) is 0 Å². The van der Waals surface area contributed by atoms with Crippen molar-refractivity contribution in [1.29, 1.82) is 0 Å². The van der Waals surface area contributed by atoms with E-state index in [-0.39, 0.29) is 0 Å². The van der Waals surface area contributed by atoms with Crippen LogP contribution in [0.25, 0.3) is 0 Å². The van der Waals surface area contributed by atoms with Crippen LogP contribution in [-0.2, 0) is 0 Å². The van der Waals surface area contributed by atoms with Gasteiger partial charge in [-0.25, -0.2) is 0 Å².